The second-order valence-electron chi connectivity index (χ2n) is 14.7. The molecule has 0 radical (unpaired) electrons. The van der Waals surface area contributed by atoms with E-state index in [4.69, 9.17) is 4.43 Å². The van der Waals surface area contributed by atoms with Crippen molar-refractivity contribution in [3.63, 3.8) is 0 Å². The van der Waals surface area contributed by atoms with Gasteiger partial charge in [0.05, 0.1) is 18.0 Å². The zero-order chi connectivity index (χ0) is 28.7. The van der Waals surface area contributed by atoms with E-state index in [2.05, 4.69) is 85.0 Å². The van der Waals surface area contributed by atoms with Gasteiger partial charge in [-0.05, 0) is 68.6 Å². The molecule has 2 atom stereocenters. The summed E-state index contributed by atoms with van der Waals surface area (Å²) in [4.78, 5) is 20.2. The van der Waals surface area contributed by atoms with Crippen molar-refractivity contribution in [2.45, 2.75) is 133 Å². The topological polar surface area (TPSA) is 59.8 Å². The molecule has 2 aliphatic carbocycles. The zero-order valence-electron chi connectivity index (χ0n) is 25.9. The maximum Gasteiger partial charge on any atom is 0.219 e. The predicted octanol–water partition coefficient (Wildman–Crippen LogP) is 6.16. The van der Waals surface area contributed by atoms with Crippen molar-refractivity contribution in [1.82, 2.24) is 14.7 Å². The largest absolute Gasteiger partial charge is 0.414 e. The van der Waals surface area contributed by atoms with Crippen LogP contribution in [0.1, 0.15) is 90.5 Å². The summed E-state index contributed by atoms with van der Waals surface area (Å²) in [7, 11) is -1.72. The molecular weight excluding hydrogens is 512 g/mol. The molecular formula is C33H52N4O2Si. The van der Waals surface area contributed by atoms with Gasteiger partial charge in [0.2, 0.25) is 5.91 Å². The first kappa shape index (κ1) is 29.8. The number of rotatable bonds is 8. The quantitative estimate of drug-likeness (QED) is 0.354. The minimum absolute atomic E-state index is 0.0125. The molecule has 0 bridgehead atoms. The van der Waals surface area contributed by atoms with E-state index in [0.717, 1.165) is 58.3 Å². The summed E-state index contributed by atoms with van der Waals surface area (Å²) >= 11 is 0. The Morgan fingerprint density at radius 3 is 2.25 bits per heavy atom. The number of carbonyl (C=O) groups is 1. The highest BCUT2D eigenvalue weighted by molar-refractivity contribution is 6.74. The van der Waals surface area contributed by atoms with Gasteiger partial charge in [-0.3, -0.25) is 14.6 Å². The minimum atomic E-state index is -1.72. The molecule has 4 fully saturated rings. The number of hydrogen-bond acceptors (Lipinski definition) is 5. The standard InChI is InChI=1S/C33H52N4O2Si/c1-25(38)37(31-22-30(31)26-10-8-7-9-11-26)28-16-20-36(21-17-28)33(18-19-34)23-35(24-33)27-12-14-29(15-13-27)39-40(5,6)32(2,3)4/h7-11,27-31H,12-18,20-24H2,1-6H3/t27?,29?,30?,31-/m1/s1. The molecule has 1 aromatic carbocycles. The monoisotopic (exact) mass is 564 g/mol. The van der Waals surface area contributed by atoms with Gasteiger partial charge in [-0.15, -0.1) is 0 Å². The number of benzene rings is 1. The van der Waals surface area contributed by atoms with E-state index in [1.807, 2.05) is 0 Å². The van der Waals surface area contributed by atoms with Crippen molar-refractivity contribution in [3.8, 4) is 6.07 Å². The number of carbonyl (C=O) groups excluding carboxylic acids is 1. The number of piperidine rings is 1. The van der Waals surface area contributed by atoms with Crippen LogP contribution in [-0.2, 0) is 9.22 Å². The van der Waals surface area contributed by atoms with Crippen LogP contribution < -0.4 is 0 Å². The van der Waals surface area contributed by atoms with Gasteiger partial charge >= 0.3 is 0 Å². The summed E-state index contributed by atoms with van der Waals surface area (Å²) in [6.45, 7) is 17.5. The predicted molar refractivity (Wildman–Crippen MR) is 164 cm³/mol. The first-order valence-corrected chi connectivity index (χ1v) is 18.7. The van der Waals surface area contributed by atoms with Crippen LogP contribution in [0.4, 0.5) is 0 Å². The van der Waals surface area contributed by atoms with Crippen LogP contribution >= 0.6 is 0 Å². The number of nitrogens with zero attached hydrogens (tertiary/aromatic N) is 4. The Bertz CT molecular complexity index is 1060. The Morgan fingerprint density at radius 2 is 1.70 bits per heavy atom. The summed E-state index contributed by atoms with van der Waals surface area (Å²) in [6, 6.07) is 14.5. The van der Waals surface area contributed by atoms with Gasteiger partial charge in [-0.1, -0.05) is 51.1 Å². The van der Waals surface area contributed by atoms with Gasteiger partial charge in [0.25, 0.3) is 0 Å². The van der Waals surface area contributed by atoms with E-state index in [1.54, 1.807) is 6.92 Å². The van der Waals surface area contributed by atoms with E-state index in [-0.39, 0.29) is 16.5 Å². The highest BCUT2D eigenvalue weighted by Crippen LogP contribution is 2.47. The second-order valence-corrected chi connectivity index (χ2v) is 19.5. The average Bonchev–Trinajstić information content (AvgIpc) is 3.67. The molecule has 1 unspecified atom stereocenters. The molecule has 2 heterocycles. The summed E-state index contributed by atoms with van der Waals surface area (Å²) in [5.41, 5.74) is 1.35. The Kier molecular flexibility index (Phi) is 8.57. The molecule has 2 saturated carbocycles. The number of nitriles is 1. The molecule has 0 aromatic heterocycles. The highest BCUT2D eigenvalue weighted by Gasteiger charge is 2.52. The van der Waals surface area contributed by atoms with Crippen LogP contribution in [0.25, 0.3) is 0 Å². The van der Waals surface area contributed by atoms with Gasteiger partial charge < -0.3 is 9.33 Å². The van der Waals surface area contributed by atoms with E-state index in [0.29, 0.717) is 36.6 Å². The van der Waals surface area contributed by atoms with Crippen molar-refractivity contribution in [2.24, 2.45) is 0 Å². The molecule has 1 aromatic rings. The van der Waals surface area contributed by atoms with Crippen LogP contribution in [0.3, 0.4) is 0 Å². The van der Waals surface area contributed by atoms with Crippen LogP contribution in [0.5, 0.6) is 0 Å². The van der Waals surface area contributed by atoms with E-state index in [9.17, 15) is 10.1 Å². The van der Waals surface area contributed by atoms with Crippen molar-refractivity contribution >= 4 is 14.2 Å². The fourth-order valence-electron chi connectivity index (χ4n) is 7.59. The molecule has 7 heteroatoms. The molecule has 40 heavy (non-hydrogen) atoms. The van der Waals surface area contributed by atoms with Crippen molar-refractivity contribution in [3.05, 3.63) is 35.9 Å². The van der Waals surface area contributed by atoms with Crippen molar-refractivity contribution < 1.29 is 9.22 Å². The Labute approximate surface area is 244 Å². The normalized spacial score (nSPS) is 29.8. The molecule has 0 N–H and O–H groups in total. The lowest BCUT2D eigenvalue weighted by molar-refractivity contribution is -0.135. The molecule has 220 valence electrons. The lowest BCUT2D eigenvalue weighted by Crippen LogP contribution is -2.73. The first-order chi connectivity index (χ1) is 18.9. The molecule has 5 rings (SSSR count). The molecule has 2 saturated heterocycles. The Balaban J connectivity index is 1.12. The molecule has 6 nitrogen and oxygen atoms in total. The number of amides is 1. The fourth-order valence-corrected chi connectivity index (χ4v) is 9.01. The maximum atomic E-state index is 12.8. The molecule has 1 amide bonds. The highest BCUT2D eigenvalue weighted by atomic mass is 28.4. The van der Waals surface area contributed by atoms with Gasteiger partial charge in [0, 0.05) is 63.3 Å². The molecule has 2 aliphatic heterocycles. The van der Waals surface area contributed by atoms with Crippen molar-refractivity contribution in [1.29, 1.82) is 5.26 Å². The van der Waals surface area contributed by atoms with E-state index < -0.39 is 8.32 Å². The SMILES string of the molecule is CC(=O)N(C1CCN(C2(CC#N)CN(C3CCC(O[Si](C)(C)C(C)(C)C)CC3)C2)CC1)[C@@H]1CC1c1ccccc1. The van der Waals surface area contributed by atoms with Crippen LogP contribution in [0.15, 0.2) is 30.3 Å². The average molecular weight is 565 g/mol. The lowest BCUT2D eigenvalue weighted by atomic mass is 9.79. The Hall–Kier alpha value is -1.72. The van der Waals surface area contributed by atoms with Crippen LogP contribution in [0.2, 0.25) is 18.1 Å². The Morgan fingerprint density at radius 1 is 1.07 bits per heavy atom. The van der Waals surface area contributed by atoms with Gasteiger partial charge in [-0.25, -0.2) is 0 Å². The summed E-state index contributed by atoms with van der Waals surface area (Å²) in [5.74, 6) is 0.701. The van der Waals surface area contributed by atoms with E-state index >= 15 is 0 Å². The van der Waals surface area contributed by atoms with Gasteiger partial charge in [0.1, 0.15) is 0 Å². The third-order valence-corrected chi connectivity index (χ3v) is 15.6. The minimum Gasteiger partial charge on any atom is -0.414 e. The van der Waals surface area contributed by atoms with Gasteiger partial charge in [-0.2, -0.15) is 5.26 Å². The molecule has 0 spiro atoms. The summed E-state index contributed by atoms with van der Waals surface area (Å²) < 4.78 is 6.74. The van der Waals surface area contributed by atoms with Crippen LogP contribution in [0, 0.1) is 11.3 Å². The van der Waals surface area contributed by atoms with Crippen molar-refractivity contribution in [2.75, 3.05) is 26.2 Å². The lowest BCUT2D eigenvalue weighted by Gasteiger charge is -2.59. The molecule has 4 aliphatic rings. The third-order valence-electron chi connectivity index (χ3n) is 11.1. The van der Waals surface area contributed by atoms with Gasteiger partial charge in [0.15, 0.2) is 8.32 Å². The smallest absolute Gasteiger partial charge is 0.219 e. The van der Waals surface area contributed by atoms with Crippen LogP contribution in [-0.4, -0.2) is 84.9 Å². The first-order valence-electron chi connectivity index (χ1n) is 15.8. The zero-order valence-corrected chi connectivity index (χ0v) is 26.9. The summed E-state index contributed by atoms with van der Waals surface area (Å²) in [6.07, 6.45) is 8.88. The number of likely N-dealkylation sites (tertiary alicyclic amines) is 2. The second kappa shape index (κ2) is 11.5. The fraction of sp³-hybridized carbons (Fsp3) is 0.758. The summed E-state index contributed by atoms with van der Waals surface area (Å²) in [5, 5.41) is 10.0. The third kappa shape index (κ3) is 6.06. The van der Waals surface area contributed by atoms with E-state index in [1.165, 1.54) is 18.4 Å². The maximum absolute atomic E-state index is 12.8. The number of hydrogen-bond donors (Lipinski definition) is 0.